The van der Waals surface area contributed by atoms with Crippen molar-refractivity contribution in [1.29, 1.82) is 0 Å². The number of nitrogens with zero attached hydrogens (tertiary/aromatic N) is 1. The highest BCUT2D eigenvalue weighted by Gasteiger charge is 2.28. The molecule has 0 saturated heterocycles. The maximum atomic E-state index is 12.0. The Bertz CT molecular complexity index is 514. The average molecular weight is 319 g/mol. The highest BCUT2D eigenvalue weighted by atomic mass is 32.2. The van der Waals surface area contributed by atoms with Gasteiger partial charge in [0, 0.05) is 11.8 Å². The number of pyridine rings is 1. The van der Waals surface area contributed by atoms with Crippen molar-refractivity contribution in [2.24, 2.45) is 0 Å². The molecule has 0 unspecified atom stereocenters. The summed E-state index contributed by atoms with van der Waals surface area (Å²) >= 11 is 1.42. The van der Waals surface area contributed by atoms with Crippen molar-refractivity contribution >= 4 is 17.7 Å². The van der Waals surface area contributed by atoms with E-state index in [9.17, 15) is 18.0 Å². The molecule has 21 heavy (non-hydrogen) atoms. The van der Waals surface area contributed by atoms with Crippen LogP contribution in [0.15, 0.2) is 18.2 Å². The van der Waals surface area contributed by atoms with Crippen LogP contribution < -0.4 is 4.74 Å². The van der Waals surface area contributed by atoms with Crippen LogP contribution in [0, 0.1) is 12.3 Å². The zero-order valence-electron chi connectivity index (χ0n) is 10.9. The van der Waals surface area contributed by atoms with E-state index in [2.05, 4.69) is 15.6 Å². The zero-order chi connectivity index (χ0) is 15.7. The molecule has 1 aromatic heterocycles. The predicted molar refractivity (Wildman–Crippen MR) is 72.2 cm³/mol. The molecule has 0 saturated carbocycles. The molecule has 114 valence electrons. The van der Waals surface area contributed by atoms with E-state index in [1.54, 1.807) is 0 Å². The maximum absolute atomic E-state index is 12.0. The molecule has 1 aromatic rings. The van der Waals surface area contributed by atoms with Crippen LogP contribution in [-0.4, -0.2) is 41.8 Å². The predicted octanol–water partition coefficient (Wildman–Crippen LogP) is 2.55. The normalized spacial score (nSPS) is 10.8. The Kier molecular flexibility index (Phi) is 6.88. The molecule has 0 spiro atoms. The Morgan fingerprint density at radius 2 is 2.19 bits per heavy atom. The third-order valence-electron chi connectivity index (χ3n) is 1.96. The number of terminal acetylenes is 1. The number of hydrogen-bond donors (Lipinski definition) is 0. The topological polar surface area (TPSA) is 48.4 Å². The van der Waals surface area contributed by atoms with Crippen molar-refractivity contribution in [2.75, 3.05) is 24.7 Å². The molecule has 4 nitrogen and oxygen atoms in total. The second-order valence-corrected chi connectivity index (χ2v) is 4.76. The number of ether oxygens (including phenoxy) is 2. The number of rotatable bonds is 7. The van der Waals surface area contributed by atoms with E-state index in [1.165, 1.54) is 30.0 Å². The molecule has 8 heteroatoms. The lowest BCUT2D eigenvalue weighted by Gasteiger charge is -2.09. The summed E-state index contributed by atoms with van der Waals surface area (Å²) in [4.78, 5) is 15.3. The summed E-state index contributed by atoms with van der Waals surface area (Å²) in [5.41, 5.74) is -0.114. The van der Waals surface area contributed by atoms with Crippen LogP contribution in [0.25, 0.3) is 0 Å². The van der Waals surface area contributed by atoms with Gasteiger partial charge in [-0.3, -0.25) is 0 Å². The van der Waals surface area contributed by atoms with E-state index >= 15 is 0 Å². The van der Waals surface area contributed by atoms with Gasteiger partial charge in [0.15, 0.2) is 12.3 Å². The molecular formula is C13H12F3NO3S. The van der Waals surface area contributed by atoms with Crippen LogP contribution in [0.4, 0.5) is 13.2 Å². The van der Waals surface area contributed by atoms with Gasteiger partial charge in [0.05, 0.1) is 5.75 Å². The smallest absolute Gasteiger partial charge is 0.422 e. The summed E-state index contributed by atoms with van der Waals surface area (Å²) in [6.45, 7) is -1.33. The molecule has 1 heterocycles. The number of halogens is 3. The van der Waals surface area contributed by atoms with Crippen molar-refractivity contribution < 1.29 is 27.4 Å². The van der Waals surface area contributed by atoms with Crippen LogP contribution in [-0.2, 0) is 4.74 Å². The van der Waals surface area contributed by atoms with Gasteiger partial charge in [-0.1, -0.05) is 12.0 Å². The van der Waals surface area contributed by atoms with Gasteiger partial charge in [0.25, 0.3) is 0 Å². The Balaban J connectivity index is 2.47. The Morgan fingerprint density at radius 1 is 1.43 bits per heavy atom. The second kappa shape index (κ2) is 8.42. The molecule has 0 amide bonds. The van der Waals surface area contributed by atoms with Gasteiger partial charge in [-0.2, -0.15) is 13.2 Å². The molecule has 0 N–H and O–H groups in total. The van der Waals surface area contributed by atoms with Crippen LogP contribution in [0.2, 0.25) is 0 Å². The summed E-state index contributed by atoms with van der Waals surface area (Å²) in [7, 11) is 0. The number of carbonyl (C=O) groups is 1. The third-order valence-corrected chi connectivity index (χ3v) is 2.79. The van der Waals surface area contributed by atoms with Crippen LogP contribution in [0.1, 0.15) is 10.5 Å². The van der Waals surface area contributed by atoms with Crippen molar-refractivity contribution in [3.8, 4) is 18.2 Å². The van der Waals surface area contributed by atoms with E-state index < -0.39 is 18.8 Å². The van der Waals surface area contributed by atoms with E-state index in [0.717, 1.165) is 0 Å². The molecule has 0 fully saturated rings. The van der Waals surface area contributed by atoms with Crippen molar-refractivity contribution in [2.45, 2.75) is 6.18 Å². The van der Waals surface area contributed by atoms with Crippen molar-refractivity contribution in [1.82, 2.24) is 4.98 Å². The van der Waals surface area contributed by atoms with Crippen LogP contribution in [0.5, 0.6) is 5.88 Å². The molecule has 0 bridgehead atoms. The standard InChI is InChI=1S/C13H12F3NO3S/c1-2-7-21-8-6-19-12(18)10-4-3-5-11(17-10)20-9-13(14,15)16/h1,3-5H,6-9H2. The van der Waals surface area contributed by atoms with E-state index in [1.807, 2.05) is 0 Å². The molecule has 0 atom stereocenters. The van der Waals surface area contributed by atoms with Crippen molar-refractivity contribution in [3.05, 3.63) is 23.9 Å². The lowest BCUT2D eigenvalue weighted by atomic mass is 10.3. The van der Waals surface area contributed by atoms with Gasteiger partial charge >= 0.3 is 12.1 Å². The third kappa shape index (κ3) is 7.46. The monoisotopic (exact) mass is 319 g/mol. The van der Waals surface area contributed by atoms with Gasteiger partial charge < -0.3 is 9.47 Å². The van der Waals surface area contributed by atoms with Gasteiger partial charge in [-0.05, 0) is 6.07 Å². The fourth-order valence-electron chi connectivity index (χ4n) is 1.16. The summed E-state index contributed by atoms with van der Waals surface area (Å²) < 4.78 is 45.4. The lowest BCUT2D eigenvalue weighted by molar-refractivity contribution is -0.154. The number of aromatic nitrogens is 1. The minimum Gasteiger partial charge on any atom is -0.468 e. The maximum Gasteiger partial charge on any atom is 0.422 e. The molecule has 0 radical (unpaired) electrons. The van der Waals surface area contributed by atoms with Crippen LogP contribution >= 0.6 is 11.8 Å². The zero-order valence-corrected chi connectivity index (χ0v) is 11.7. The molecule has 0 aliphatic heterocycles. The summed E-state index contributed by atoms with van der Waals surface area (Å²) in [6, 6.07) is 3.92. The Hall–Kier alpha value is -1.88. The lowest BCUT2D eigenvalue weighted by Crippen LogP contribution is -2.20. The number of carbonyl (C=O) groups excluding carboxylic acids is 1. The van der Waals surface area contributed by atoms with E-state index in [-0.39, 0.29) is 18.2 Å². The Morgan fingerprint density at radius 3 is 2.86 bits per heavy atom. The molecule has 0 aliphatic rings. The summed E-state index contributed by atoms with van der Waals surface area (Å²) in [5.74, 6) is 2.44. The molecule has 0 aliphatic carbocycles. The Labute approximate surface area is 124 Å². The quantitative estimate of drug-likeness (QED) is 0.439. The highest BCUT2D eigenvalue weighted by Crippen LogP contribution is 2.17. The number of hydrogen-bond acceptors (Lipinski definition) is 5. The van der Waals surface area contributed by atoms with Gasteiger partial charge in [0.2, 0.25) is 5.88 Å². The first kappa shape index (κ1) is 17.2. The molecule has 0 aromatic carbocycles. The van der Waals surface area contributed by atoms with E-state index in [4.69, 9.17) is 11.2 Å². The van der Waals surface area contributed by atoms with Crippen LogP contribution in [0.3, 0.4) is 0 Å². The minimum absolute atomic E-state index is 0.114. The minimum atomic E-state index is -4.47. The van der Waals surface area contributed by atoms with Gasteiger partial charge in [-0.25, -0.2) is 9.78 Å². The first-order valence-electron chi connectivity index (χ1n) is 5.77. The molecule has 1 rings (SSSR count). The fraction of sp³-hybridized carbons (Fsp3) is 0.385. The van der Waals surface area contributed by atoms with E-state index in [0.29, 0.717) is 11.5 Å². The number of esters is 1. The number of thioether (sulfide) groups is 1. The SMILES string of the molecule is C#CCSCCOC(=O)c1cccc(OCC(F)(F)F)n1. The summed E-state index contributed by atoms with van der Waals surface area (Å²) in [5, 5.41) is 0. The van der Waals surface area contributed by atoms with Gasteiger partial charge in [-0.15, -0.1) is 18.2 Å². The largest absolute Gasteiger partial charge is 0.468 e. The second-order valence-electron chi connectivity index (χ2n) is 3.66. The van der Waals surface area contributed by atoms with Crippen molar-refractivity contribution in [3.63, 3.8) is 0 Å². The van der Waals surface area contributed by atoms with Gasteiger partial charge in [0.1, 0.15) is 6.61 Å². The first-order valence-corrected chi connectivity index (χ1v) is 6.93. The summed E-state index contributed by atoms with van der Waals surface area (Å²) in [6.07, 6.45) is 0.589. The molecular weight excluding hydrogens is 307 g/mol. The first-order chi connectivity index (χ1) is 9.92. The highest BCUT2D eigenvalue weighted by molar-refractivity contribution is 7.99. The fourth-order valence-corrected chi connectivity index (χ4v) is 1.63. The average Bonchev–Trinajstić information content (AvgIpc) is 2.44. The number of alkyl halides is 3.